The highest BCUT2D eigenvalue weighted by molar-refractivity contribution is 4.90. The van der Waals surface area contributed by atoms with Gasteiger partial charge in [0.1, 0.15) is 0 Å². The molecule has 0 saturated carbocycles. The maximum atomic E-state index is 5.86. The van der Waals surface area contributed by atoms with Gasteiger partial charge < -0.3 is 14.8 Å². The highest BCUT2D eigenvalue weighted by Crippen LogP contribution is 2.15. The molecule has 0 spiro atoms. The van der Waals surface area contributed by atoms with Crippen molar-refractivity contribution in [2.75, 3.05) is 45.9 Å². The molecule has 1 unspecified atom stereocenters. The lowest BCUT2D eigenvalue weighted by atomic mass is 10.0. The van der Waals surface area contributed by atoms with E-state index in [9.17, 15) is 0 Å². The van der Waals surface area contributed by atoms with Crippen LogP contribution in [-0.4, -0.2) is 62.5 Å². The fourth-order valence-electron chi connectivity index (χ4n) is 2.09. The summed E-state index contributed by atoms with van der Waals surface area (Å²) in [6.45, 7) is 11.1. The lowest BCUT2D eigenvalue weighted by Crippen LogP contribution is -2.59. The summed E-state index contributed by atoms with van der Waals surface area (Å²) in [6.07, 6.45) is 0.375. The molecule has 0 aromatic carbocycles. The molecule has 2 aliphatic heterocycles. The van der Waals surface area contributed by atoms with E-state index in [2.05, 4.69) is 24.1 Å². The molecule has 4 nitrogen and oxygen atoms in total. The van der Waals surface area contributed by atoms with Crippen LogP contribution in [-0.2, 0) is 9.47 Å². The molecule has 0 amide bonds. The molecule has 0 bridgehead atoms. The van der Waals surface area contributed by atoms with Gasteiger partial charge in [0.05, 0.1) is 24.9 Å². The number of nitrogens with one attached hydrogen (secondary N) is 1. The predicted octanol–water partition coefficient (Wildman–Crippen LogP) is 0.0856. The second-order valence-electron chi connectivity index (χ2n) is 4.88. The Hall–Kier alpha value is -0.160. The minimum absolute atomic E-state index is 0.0951. The van der Waals surface area contributed by atoms with Crippen molar-refractivity contribution in [1.29, 1.82) is 0 Å². The van der Waals surface area contributed by atoms with E-state index in [1.54, 1.807) is 0 Å². The molecule has 4 heteroatoms. The van der Waals surface area contributed by atoms with Crippen molar-refractivity contribution in [2.24, 2.45) is 0 Å². The third-order valence-electron chi connectivity index (χ3n) is 3.18. The Morgan fingerprint density at radius 1 is 1.53 bits per heavy atom. The number of morpholine rings is 1. The maximum absolute atomic E-state index is 5.86. The van der Waals surface area contributed by atoms with Gasteiger partial charge in [0.25, 0.3) is 0 Å². The summed E-state index contributed by atoms with van der Waals surface area (Å²) in [5, 5.41) is 3.24. The molecular formula is C11H22N2O2. The van der Waals surface area contributed by atoms with Crippen LogP contribution in [0.1, 0.15) is 13.8 Å². The van der Waals surface area contributed by atoms with Crippen LogP contribution in [0.15, 0.2) is 0 Å². The number of ether oxygens (including phenoxy) is 2. The minimum Gasteiger partial charge on any atom is -0.376 e. The molecule has 0 aliphatic carbocycles. The van der Waals surface area contributed by atoms with Crippen LogP contribution in [0.3, 0.4) is 0 Å². The number of hydrogen-bond donors (Lipinski definition) is 1. The van der Waals surface area contributed by atoms with E-state index >= 15 is 0 Å². The van der Waals surface area contributed by atoms with Gasteiger partial charge in [-0.2, -0.15) is 0 Å². The zero-order chi connectivity index (χ0) is 10.7. The van der Waals surface area contributed by atoms with Gasteiger partial charge >= 0.3 is 0 Å². The van der Waals surface area contributed by atoms with Gasteiger partial charge in [-0.25, -0.2) is 0 Å². The summed E-state index contributed by atoms with van der Waals surface area (Å²) >= 11 is 0. The standard InChI is InChI=1S/C11H22N2O2/c1-10-7-13(3-5-14-10)4-6-15-11(2)8-12-9-11/h10,12H,3-9H2,1-2H3. The van der Waals surface area contributed by atoms with Crippen LogP contribution < -0.4 is 5.32 Å². The molecule has 0 aromatic heterocycles. The average molecular weight is 214 g/mol. The van der Waals surface area contributed by atoms with Crippen molar-refractivity contribution >= 4 is 0 Å². The van der Waals surface area contributed by atoms with E-state index in [4.69, 9.17) is 9.47 Å². The first-order valence-electron chi connectivity index (χ1n) is 5.87. The number of hydrogen-bond acceptors (Lipinski definition) is 4. The average Bonchev–Trinajstić information content (AvgIpc) is 2.15. The Bertz CT molecular complexity index is 207. The summed E-state index contributed by atoms with van der Waals surface area (Å²) in [7, 11) is 0. The highest BCUT2D eigenvalue weighted by Gasteiger charge is 2.32. The van der Waals surface area contributed by atoms with Gasteiger partial charge in [0.15, 0.2) is 0 Å². The molecule has 2 fully saturated rings. The zero-order valence-electron chi connectivity index (χ0n) is 9.79. The van der Waals surface area contributed by atoms with E-state index in [-0.39, 0.29) is 5.60 Å². The first-order valence-corrected chi connectivity index (χ1v) is 5.87. The van der Waals surface area contributed by atoms with E-state index in [0.29, 0.717) is 6.10 Å². The van der Waals surface area contributed by atoms with Crippen molar-refractivity contribution in [3.05, 3.63) is 0 Å². The summed E-state index contributed by atoms with van der Waals surface area (Å²) in [4.78, 5) is 2.42. The van der Waals surface area contributed by atoms with E-state index in [0.717, 1.165) is 45.9 Å². The normalized spacial score (nSPS) is 31.2. The second-order valence-corrected chi connectivity index (χ2v) is 4.88. The van der Waals surface area contributed by atoms with Crippen LogP contribution in [0.2, 0.25) is 0 Å². The molecule has 2 rings (SSSR count). The molecule has 88 valence electrons. The number of rotatable bonds is 4. The van der Waals surface area contributed by atoms with Crippen molar-refractivity contribution in [1.82, 2.24) is 10.2 Å². The molecule has 15 heavy (non-hydrogen) atoms. The molecule has 0 radical (unpaired) electrons. The SMILES string of the molecule is CC1CN(CCOC2(C)CNC2)CCO1. The minimum atomic E-state index is 0.0951. The number of nitrogens with zero attached hydrogens (tertiary/aromatic N) is 1. The summed E-state index contributed by atoms with van der Waals surface area (Å²) < 4.78 is 11.4. The Morgan fingerprint density at radius 2 is 2.33 bits per heavy atom. The van der Waals surface area contributed by atoms with Gasteiger partial charge in [-0.15, -0.1) is 0 Å². The highest BCUT2D eigenvalue weighted by atomic mass is 16.5. The molecule has 2 aliphatic rings. The lowest BCUT2D eigenvalue weighted by Gasteiger charge is -2.40. The third kappa shape index (κ3) is 3.14. The van der Waals surface area contributed by atoms with Crippen molar-refractivity contribution in [3.63, 3.8) is 0 Å². The molecular weight excluding hydrogens is 192 g/mol. The van der Waals surface area contributed by atoms with Crippen molar-refractivity contribution in [2.45, 2.75) is 25.6 Å². The van der Waals surface area contributed by atoms with Crippen LogP contribution in [0.4, 0.5) is 0 Å². The van der Waals surface area contributed by atoms with Crippen molar-refractivity contribution in [3.8, 4) is 0 Å². The van der Waals surface area contributed by atoms with Crippen LogP contribution in [0.25, 0.3) is 0 Å². The quantitative estimate of drug-likeness (QED) is 0.719. The predicted molar refractivity (Wildman–Crippen MR) is 59.1 cm³/mol. The van der Waals surface area contributed by atoms with Crippen molar-refractivity contribution < 1.29 is 9.47 Å². The first kappa shape index (κ1) is 11.3. The smallest absolute Gasteiger partial charge is 0.0902 e. The fraction of sp³-hybridized carbons (Fsp3) is 1.00. The van der Waals surface area contributed by atoms with Gasteiger partial charge in [-0.05, 0) is 13.8 Å². The van der Waals surface area contributed by atoms with Crippen LogP contribution in [0.5, 0.6) is 0 Å². The zero-order valence-corrected chi connectivity index (χ0v) is 9.79. The maximum Gasteiger partial charge on any atom is 0.0902 e. The summed E-state index contributed by atoms with van der Waals surface area (Å²) in [5.41, 5.74) is 0.0951. The Morgan fingerprint density at radius 3 is 2.93 bits per heavy atom. The summed E-state index contributed by atoms with van der Waals surface area (Å²) in [6, 6.07) is 0. The Labute approximate surface area is 91.9 Å². The van der Waals surface area contributed by atoms with Gasteiger partial charge in [-0.1, -0.05) is 0 Å². The van der Waals surface area contributed by atoms with Gasteiger partial charge in [0, 0.05) is 32.7 Å². The third-order valence-corrected chi connectivity index (χ3v) is 3.18. The van der Waals surface area contributed by atoms with Gasteiger partial charge in [0.2, 0.25) is 0 Å². The molecule has 1 N–H and O–H groups in total. The molecule has 0 aromatic rings. The van der Waals surface area contributed by atoms with Crippen LogP contribution >= 0.6 is 0 Å². The monoisotopic (exact) mass is 214 g/mol. The molecule has 1 atom stereocenters. The Kier molecular flexibility index (Phi) is 3.61. The summed E-state index contributed by atoms with van der Waals surface area (Å²) in [5.74, 6) is 0. The molecule has 2 saturated heterocycles. The first-order chi connectivity index (χ1) is 7.18. The Balaban J connectivity index is 1.60. The van der Waals surface area contributed by atoms with Gasteiger partial charge in [-0.3, -0.25) is 4.90 Å². The van der Waals surface area contributed by atoms with E-state index in [1.807, 2.05) is 0 Å². The van der Waals surface area contributed by atoms with E-state index in [1.165, 1.54) is 0 Å². The second kappa shape index (κ2) is 4.78. The lowest BCUT2D eigenvalue weighted by molar-refractivity contribution is -0.0831. The van der Waals surface area contributed by atoms with Crippen LogP contribution in [0, 0.1) is 0 Å². The molecule has 2 heterocycles. The topological polar surface area (TPSA) is 33.7 Å². The largest absolute Gasteiger partial charge is 0.376 e. The fourth-order valence-corrected chi connectivity index (χ4v) is 2.09. The van der Waals surface area contributed by atoms with E-state index < -0.39 is 0 Å².